The van der Waals surface area contributed by atoms with Gasteiger partial charge in [0, 0.05) is 0 Å². The second kappa shape index (κ2) is 8.72. The molecule has 5 saturated carbocycles. The minimum absolute atomic E-state index is 0.253. The Bertz CT molecular complexity index is 957. The van der Waals surface area contributed by atoms with Crippen LogP contribution in [0.5, 0.6) is 0 Å². The molecule has 0 aromatic carbocycles. The first-order valence-electron chi connectivity index (χ1n) is 16.6. The molecule has 0 aliphatic heterocycles. The average molecular weight is 541 g/mol. The standard InChI is InChI=1S/C36H64OSi/c1-24(2)25-16-19-33(8)22-23-35(10)26(30(25)33)14-15-28-34(9)20-18-29(37-38(12,13)31(3,4)5)32(6,7)27(34)17-21-36(28,35)11/h25-30H,1,14-23H2,2-13H3/t25-,26+,27-,28+,29-,30+,33+,34-,35+,36+/m0/s1. The first-order valence-corrected chi connectivity index (χ1v) is 19.5. The maximum absolute atomic E-state index is 7.24. The molecule has 0 aromatic heterocycles. The molecule has 0 radical (unpaired) electrons. The quantitative estimate of drug-likeness (QED) is 0.255. The van der Waals surface area contributed by atoms with Crippen molar-refractivity contribution < 1.29 is 4.43 Å². The summed E-state index contributed by atoms with van der Waals surface area (Å²) in [6, 6.07) is 0. The van der Waals surface area contributed by atoms with Crippen molar-refractivity contribution in [2.24, 2.45) is 56.7 Å². The zero-order chi connectivity index (χ0) is 28.3. The average Bonchev–Trinajstić information content (AvgIpc) is 3.13. The molecule has 0 spiro atoms. The van der Waals surface area contributed by atoms with Crippen LogP contribution in [0.1, 0.15) is 133 Å². The Kier molecular flexibility index (Phi) is 6.75. The van der Waals surface area contributed by atoms with Crippen molar-refractivity contribution in [1.29, 1.82) is 0 Å². The van der Waals surface area contributed by atoms with Crippen molar-refractivity contribution in [3.05, 3.63) is 12.2 Å². The highest BCUT2D eigenvalue weighted by molar-refractivity contribution is 6.74. The summed E-state index contributed by atoms with van der Waals surface area (Å²) >= 11 is 0. The van der Waals surface area contributed by atoms with E-state index in [1.807, 2.05) is 0 Å². The van der Waals surface area contributed by atoms with E-state index in [2.05, 4.69) is 88.9 Å². The van der Waals surface area contributed by atoms with E-state index in [9.17, 15) is 0 Å². The van der Waals surface area contributed by atoms with E-state index in [0.29, 0.717) is 27.8 Å². The first-order chi connectivity index (χ1) is 17.2. The Hall–Kier alpha value is -0.0831. The molecule has 38 heavy (non-hydrogen) atoms. The highest BCUT2D eigenvalue weighted by Gasteiger charge is 2.70. The molecule has 0 N–H and O–H groups in total. The van der Waals surface area contributed by atoms with Crippen molar-refractivity contribution in [2.45, 2.75) is 158 Å². The van der Waals surface area contributed by atoms with Gasteiger partial charge in [-0.05, 0) is 146 Å². The molecule has 1 nitrogen and oxygen atoms in total. The second-order valence-electron chi connectivity index (χ2n) is 18.6. The Morgan fingerprint density at radius 2 is 1.42 bits per heavy atom. The van der Waals surface area contributed by atoms with Crippen molar-refractivity contribution >= 4 is 8.32 Å². The summed E-state index contributed by atoms with van der Waals surface area (Å²) in [5, 5.41) is 0.277. The lowest BCUT2D eigenvalue weighted by Gasteiger charge is -2.73. The highest BCUT2D eigenvalue weighted by Crippen LogP contribution is 2.77. The summed E-state index contributed by atoms with van der Waals surface area (Å²) in [6.45, 7) is 35.2. The van der Waals surface area contributed by atoms with Crippen LogP contribution in [0.2, 0.25) is 18.1 Å². The third-order valence-electron chi connectivity index (χ3n) is 15.7. The van der Waals surface area contributed by atoms with Gasteiger partial charge in [-0.3, -0.25) is 0 Å². The second-order valence-corrected chi connectivity index (χ2v) is 23.3. The van der Waals surface area contributed by atoms with Gasteiger partial charge in [0.15, 0.2) is 8.32 Å². The topological polar surface area (TPSA) is 9.23 Å². The van der Waals surface area contributed by atoms with Gasteiger partial charge in [-0.2, -0.15) is 0 Å². The molecule has 5 rings (SSSR count). The number of hydrogen-bond donors (Lipinski definition) is 0. The van der Waals surface area contributed by atoms with E-state index in [0.717, 1.165) is 29.6 Å². The van der Waals surface area contributed by atoms with Crippen molar-refractivity contribution in [2.75, 3.05) is 0 Å². The zero-order valence-electron chi connectivity index (χ0n) is 27.7. The van der Waals surface area contributed by atoms with Crippen LogP contribution in [0.15, 0.2) is 12.2 Å². The minimum atomic E-state index is -1.79. The van der Waals surface area contributed by atoms with Crippen LogP contribution in [0.25, 0.3) is 0 Å². The summed E-state index contributed by atoms with van der Waals surface area (Å²) < 4.78 is 7.24. The fraction of sp³-hybridized carbons (Fsp3) is 0.944. The lowest BCUT2D eigenvalue weighted by molar-refractivity contribution is -0.245. The zero-order valence-corrected chi connectivity index (χ0v) is 28.7. The first kappa shape index (κ1) is 29.4. The largest absolute Gasteiger partial charge is 0.413 e. The summed E-state index contributed by atoms with van der Waals surface area (Å²) in [5.41, 5.74) is 3.68. The van der Waals surface area contributed by atoms with Crippen LogP contribution in [-0.2, 0) is 4.43 Å². The fourth-order valence-electron chi connectivity index (χ4n) is 12.2. The van der Waals surface area contributed by atoms with Gasteiger partial charge >= 0.3 is 0 Å². The van der Waals surface area contributed by atoms with Crippen LogP contribution in [0, 0.1) is 56.7 Å². The predicted molar refractivity (Wildman–Crippen MR) is 167 cm³/mol. The molecular formula is C36H64OSi. The highest BCUT2D eigenvalue weighted by atomic mass is 28.4. The van der Waals surface area contributed by atoms with E-state index >= 15 is 0 Å². The lowest BCUT2D eigenvalue weighted by atomic mass is 9.32. The predicted octanol–water partition coefficient (Wildman–Crippen LogP) is 11.1. The molecule has 0 unspecified atom stereocenters. The van der Waals surface area contributed by atoms with E-state index < -0.39 is 8.32 Å². The van der Waals surface area contributed by atoms with Crippen LogP contribution in [-0.4, -0.2) is 14.4 Å². The smallest absolute Gasteiger partial charge is 0.192 e. The Morgan fingerprint density at radius 1 is 0.763 bits per heavy atom. The molecule has 0 heterocycles. The number of hydrogen-bond acceptors (Lipinski definition) is 1. The van der Waals surface area contributed by atoms with Crippen LogP contribution < -0.4 is 0 Å². The van der Waals surface area contributed by atoms with Crippen LogP contribution >= 0.6 is 0 Å². The van der Waals surface area contributed by atoms with Gasteiger partial charge in [-0.15, -0.1) is 0 Å². The molecule has 0 amide bonds. The maximum atomic E-state index is 7.24. The number of allylic oxidation sites excluding steroid dienone is 1. The molecule has 218 valence electrons. The van der Waals surface area contributed by atoms with Crippen LogP contribution in [0.4, 0.5) is 0 Å². The summed E-state index contributed by atoms with van der Waals surface area (Å²) in [4.78, 5) is 0. The van der Waals surface area contributed by atoms with Gasteiger partial charge in [-0.1, -0.05) is 74.5 Å². The number of fused-ring (bicyclic) bond motifs is 7. The van der Waals surface area contributed by atoms with E-state index in [-0.39, 0.29) is 10.5 Å². The third-order valence-corrected chi connectivity index (χ3v) is 20.2. The van der Waals surface area contributed by atoms with Gasteiger partial charge in [-0.25, -0.2) is 0 Å². The molecular weight excluding hydrogens is 476 g/mol. The number of rotatable bonds is 3. The molecule has 5 fully saturated rings. The molecule has 5 aliphatic carbocycles. The maximum Gasteiger partial charge on any atom is 0.192 e. The van der Waals surface area contributed by atoms with Crippen molar-refractivity contribution in [1.82, 2.24) is 0 Å². The third kappa shape index (κ3) is 3.83. The normalized spacial score (nSPS) is 50.4. The molecule has 0 aromatic rings. The summed E-state index contributed by atoms with van der Waals surface area (Å²) in [5.74, 6) is 4.15. The van der Waals surface area contributed by atoms with Gasteiger partial charge in [0.1, 0.15) is 0 Å². The molecule has 2 heteroatoms. The Balaban J connectivity index is 1.46. The fourth-order valence-corrected chi connectivity index (χ4v) is 13.7. The molecule has 0 bridgehead atoms. The monoisotopic (exact) mass is 540 g/mol. The molecule has 10 atom stereocenters. The summed E-state index contributed by atoms with van der Waals surface area (Å²) in [6.07, 6.45) is 14.6. The minimum Gasteiger partial charge on any atom is -0.413 e. The molecule has 5 aliphatic rings. The van der Waals surface area contributed by atoms with Gasteiger partial charge < -0.3 is 4.43 Å². The van der Waals surface area contributed by atoms with Gasteiger partial charge in [0.25, 0.3) is 0 Å². The SMILES string of the molecule is C=C(C)[C@@H]1CC[C@]2(C)CC[C@]3(C)[C@H](CC[C@@H]4[C@@]5(C)CC[C@H](O[Si](C)(C)C(C)(C)C)C(C)(C)[C@@H]5CC[C@]43C)[C@@H]12. The van der Waals surface area contributed by atoms with E-state index in [1.54, 1.807) is 0 Å². The van der Waals surface area contributed by atoms with Crippen molar-refractivity contribution in [3.63, 3.8) is 0 Å². The lowest BCUT2D eigenvalue weighted by Crippen LogP contribution is -2.67. The van der Waals surface area contributed by atoms with Crippen molar-refractivity contribution in [3.8, 4) is 0 Å². The molecule has 0 saturated heterocycles. The van der Waals surface area contributed by atoms with E-state index in [1.165, 1.54) is 69.8 Å². The van der Waals surface area contributed by atoms with E-state index in [4.69, 9.17) is 4.43 Å². The Labute approximate surface area is 238 Å². The van der Waals surface area contributed by atoms with Gasteiger partial charge in [0.2, 0.25) is 0 Å². The Morgan fingerprint density at radius 3 is 2.03 bits per heavy atom. The van der Waals surface area contributed by atoms with Gasteiger partial charge in [0.05, 0.1) is 6.10 Å². The van der Waals surface area contributed by atoms with Crippen LogP contribution in [0.3, 0.4) is 0 Å². The summed E-state index contributed by atoms with van der Waals surface area (Å²) in [7, 11) is -1.79.